The number of amides is 1. The van der Waals surface area contributed by atoms with E-state index >= 15 is 0 Å². The van der Waals surface area contributed by atoms with E-state index in [9.17, 15) is 18.0 Å². The summed E-state index contributed by atoms with van der Waals surface area (Å²) in [6.45, 7) is 1.90. The molecule has 0 saturated carbocycles. The molecule has 1 fully saturated rings. The maximum atomic E-state index is 13.2. The van der Waals surface area contributed by atoms with Gasteiger partial charge in [0, 0.05) is 38.4 Å². The molecule has 28 heavy (non-hydrogen) atoms. The van der Waals surface area contributed by atoms with Crippen molar-refractivity contribution >= 4 is 5.91 Å². The van der Waals surface area contributed by atoms with E-state index < -0.39 is 17.8 Å². The summed E-state index contributed by atoms with van der Waals surface area (Å²) in [5.74, 6) is 0.958. The molecule has 1 aromatic carbocycles. The van der Waals surface area contributed by atoms with Crippen LogP contribution in [0.3, 0.4) is 0 Å². The number of benzene rings is 1. The summed E-state index contributed by atoms with van der Waals surface area (Å²) in [5.41, 5.74) is -0.132. The number of hydrogen-bond donors (Lipinski definition) is 1. The van der Waals surface area contributed by atoms with E-state index in [4.69, 9.17) is 0 Å². The minimum absolute atomic E-state index is 0.0546. The lowest BCUT2D eigenvalue weighted by Gasteiger charge is -2.32. The normalized spacial score (nSPS) is 21.0. The molecule has 2 unspecified atom stereocenters. The molecule has 5 nitrogen and oxygen atoms in total. The Hall–Kier alpha value is -2.35. The summed E-state index contributed by atoms with van der Waals surface area (Å²) in [5, 5.41) is 3.50. The van der Waals surface area contributed by atoms with Crippen LogP contribution in [0.1, 0.15) is 54.7 Å². The van der Waals surface area contributed by atoms with Gasteiger partial charge < -0.3 is 9.47 Å². The summed E-state index contributed by atoms with van der Waals surface area (Å²) < 4.78 is 41.7. The Labute approximate surface area is 161 Å². The van der Waals surface area contributed by atoms with Crippen LogP contribution >= 0.6 is 0 Å². The first-order valence-corrected chi connectivity index (χ1v) is 9.64. The SMILES string of the molecule is O=C1CCCN1CC(NC1CCCn2ccnc21)c1cccc(C(F)(F)F)c1. The Morgan fingerprint density at radius 3 is 2.86 bits per heavy atom. The van der Waals surface area contributed by atoms with Gasteiger partial charge in [-0.3, -0.25) is 10.1 Å². The Morgan fingerprint density at radius 2 is 2.11 bits per heavy atom. The van der Waals surface area contributed by atoms with Crippen molar-refractivity contribution in [2.45, 2.75) is 50.5 Å². The van der Waals surface area contributed by atoms with Crippen molar-refractivity contribution in [3.8, 4) is 0 Å². The highest BCUT2D eigenvalue weighted by Gasteiger charge is 2.33. The van der Waals surface area contributed by atoms with Crippen LogP contribution < -0.4 is 5.32 Å². The number of aryl methyl sites for hydroxylation is 1. The van der Waals surface area contributed by atoms with Gasteiger partial charge in [-0.15, -0.1) is 0 Å². The van der Waals surface area contributed by atoms with Gasteiger partial charge in [-0.05, 0) is 37.0 Å². The van der Waals surface area contributed by atoms with E-state index in [-0.39, 0.29) is 11.9 Å². The maximum absolute atomic E-state index is 13.2. The Morgan fingerprint density at radius 1 is 1.25 bits per heavy atom. The standard InChI is InChI=1S/C20H23F3N4O/c21-20(22,23)15-5-1-4-14(12-15)17(13-27-10-3-7-18(27)28)25-16-6-2-9-26-11-8-24-19(16)26/h1,4-5,8,11-12,16-17,25H,2-3,6-7,9-10,13H2. The Balaban J connectivity index is 1.62. The predicted molar refractivity (Wildman–Crippen MR) is 97.3 cm³/mol. The molecule has 2 atom stereocenters. The van der Waals surface area contributed by atoms with Crippen molar-refractivity contribution in [3.05, 3.63) is 53.6 Å². The number of alkyl halides is 3. The molecule has 4 rings (SSSR count). The molecule has 0 radical (unpaired) electrons. The van der Waals surface area contributed by atoms with Crippen molar-refractivity contribution in [2.75, 3.05) is 13.1 Å². The monoisotopic (exact) mass is 392 g/mol. The fraction of sp³-hybridized carbons (Fsp3) is 0.500. The number of halogens is 3. The molecule has 150 valence electrons. The highest BCUT2D eigenvalue weighted by atomic mass is 19.4. The third kappa shape index (κ3) is 3.92. The summed E-state index contributed by atoms with van der Waals surface area (Å²) in [6, 6.07) is 4.95. The van der Waals surface area contributed by atoms with Gasteiger partial charge in [-0.1, -0.05) is 12.1 Å². The molecule has 2 aromatic rings. The zero-order valence-electron chi connectivity index (χ0n) is 15.5. The quantitative estimate of drug-likeness (QED) is 0.844. The molecule has 2 aliphatic heterocycles. The van der Waals surface area contributed by atoms with Crippen LogP contribution in [-0.2, 0) is 17.5 Å². The lowest BCUT2D eigenvalue weighted by molar-refractivity contribution is -0.137. The van der Waals surface area contributed by atoms with Crippen molar-refractivity contribution in [1.29, 1.82) is 0 Å². The number of nitrogens with zero attached hydrogens (tertiary/aromatic N) is 3. The maximum Gasteiger partial charge on any atom is 0.416 e. The van der Waals surface area contributed by atoms with Gasteiger partial charge in [0.1, 0.15) is 5.82 Å². The van der Waals surface area contributed by atoms with E-state index in [0.29, 0.717) is 25.1 Å². The molecule has 1 aromatic heterocycles. The molecule has 8 heteroatoms. The topological polar surface area (TPSA) is 50.2 Å². The van der Waals surface area contributed by atoms with Crippen molar-refractivity contribution in [3.63, 3.8) is 0 Å². The first-order valence-electron chi connectivity index (χ1n) is 9.64. The molecular weight excluding hydrogens is 369 g/mol. The lowest BCUT2D eigenvalue weighted by Crippen LogP contribution is -2.39. The van der Waals surface area contributed by atoms with E-state index in [1.54, 1.807) is 17.2 Å². The van der Waals surface area contributed by atoms with Crippen LogP contribution in [0.25, 0.3) is 0 Å². The smallest absolute Gasteiger partial charge is 0.341 e. The van der Waals surface area contributed by atoms with Crippen molar-refractivity contribution in [2.24, 2.45) is 0 Å². The van der Waals surface area contributed by atoms with Crippen LogP contribution in [0.2, 0.25) is 0 Å². The summed E-state index contributed by atoms with van der Waals surface area (Å²) in [4.78, 5) is 18.3. The number of hydrogen-bond acceptors (Lipinski definition) is 3. The number of carbonyl (C=O) groups excluding carboxylic acids is 1. The third-order valence-electron chi connectivity index (χ3n) is 5.54. The minimum atomic E-state index is -4.40. The van der Waals surface area contributed by atoms with Crippen LogP contribution in [0, 0.1) is 0 Å². The van der Waals surface area contributed by atoms with Gasteiger partial charge in [0.15, 0.2) is 0 Å². The summed E-state index contributed by atoms with van der Waals surface area (Å²) in [6.07, 6.45) is 2.40. The van der Waals surface area contributed by atoms with Crippen LogP contribution in [-0.4, -0.2) is 33.4 Å². The van der Waals surface area contributed by atoms with Gasteiger partial charge in [0.2, 0.25) is 5.91 Å². The fourth-order valence-electron chi connectivity index (χ4n) is 4.12. The second kappa shape index (κ2) is 7.58. The third-order valence-corrected chi connectivity index (χ3v) is 5.54. The Kier molecular flexibility index (Phi) is 5.14. The van der Waals surface area contributed by atoms with Crippen molar-refractivity contribution < 1.29 is 18.0 Å². The summed E-state index contributed by atoms with van der Waals surface area (Å²) in [7, 11) is 0. The molecular formula is C20H23F3N4O. The van der Waals surface area contributed by atoms with E-state index in [1.165, 1.54) is 12.1 Å². The zero-order chi connectivity index (χ0) is 19.7. The largest absolute Gasteiger partial charge is 0.416 e. The van der Waals surface area contributed by atoms with Crippen molar-refractivity contribution in [1.82, 2.24) is 19.8 Å². The molecule has 1 N–H and O–H groups in total. The van der Waals surface area contributed by atoms with Gasteiger partial charge in [0.05, 0.1) is 17.6 Å². The first kappa shape index (κ1) is 19.0. The second-order valence-corrected chi connectivity index (χ2v) is 7.46. The van der Waals surface area contributed by atoms with Crippen LogP contribution in [0.5, 0.6) is 0 Å². The number of likely N-dealkylation sites (tertiary alicyclic amines) is 1. The second-order valence-electron chi connectivity index (χ2n) is 7.46. The highest BCUT2D eigenvalue weighted by molar-refractivity contribution is 5.78. The number of nitrogens with one attached hydrogen (secondary N) is 1. The predicted octanol–water partition coefficient (Wildman–Crippen LogP) is 3.69. The van der Waals surface area contributed by atoms with E-state index in [0.717, 1.165) is 37.7 Å². The molecule has 0 aliphatic carbocycles. The zero-order valence-corrected chi connectivity index (χ0v) is 15.5. The molecule has 0 spiro atoms. The van der Waals surface area contributed by atoms with Gasteiger partial charge >= 0.3 is 6.18 Å². The molecule has 1 saturated heterocycles. The number of carbonyl (C=O) groups is 1. The first-order chi connectivity index (χ1) is 13.4. The lowest BCUT2D eigenvalue weighted by atomic mass is 9.99. The van der Waals surface area contributed by atoms with Gasteiger partial charge in [-0.2, -0.15) is 13.2 Å². The average Bonchev–Trinajstić information content (AvgIpc) is 3.30. The van der Waals surface area contributed by atoms with Gasteiger partial charge in [-0.25, -0.2) is 4.98 Å². The number of rotatable bonds is 5. The van der Waals surface area contributed by atoms with E-state index in [1.807, 2.05) is 6.20 Å². The number of fused-ring (bicyclic) bond motifs is 1. The van der Waals surface area contributed by atoms with E-state index in [2.05, 4.69) is 14.9 Å². The highest BCUT2D eigenvalue weighted by Crippen LogP contribution is 2.33. The number of imidazole rings is 1. The molecule has 0 bridgehead atoms. The van der Waals surface area contributed by atoms with Gasteiger partial charge in [0.25, 0.3) is 0 Å². The van der Waals surface area contributed by atoms with Crippen LogP contribution in [0.4, 0.5) is 13.2 Å². The van der Waals surface area contributed by atoms with Crippen LogP contribution in [0.15, 0.2) is 36.7 Å². The molecule has 1 amide bonds. The molecule has 2 aliphatic rings. The number of aromatic nitrogens is 2. The Bertz CT molecular complexity index is 848. The fourth-order valence-corrected chi connectivity index (χ4v) is 4.12. The summed E-state index contributed by atoms with van der Waals surface area (Å²) >= 11 is 0. The molecule has 3 heterocycles. The minimum Gasteiger partial charge on any atom is -0.341 e. The average molecular weight is 392 g/mol.